The van der Waals surface area contributed by atoms with Gasteiger partial charge in [0.15, 0.2) is 0 Å². The Labute approximate surface area is 147 Å². The molecule has 2 heteroatoms. The number of allylic oxidation sites excluding steroid dienone is 4. The van der Waals surface area contributed by atoms with Gasteiger partial charge in [-0.3, -0.25) is 0 Å². The van der Waals surface area contributed by atoms with Gasteiger partial charge < -0.3 is 0 Å². The molecule has 0 amide bonds. The zero-order valence-corrected chi connectivity index (χ0v) is 18.4. The van der Waals surface area contributed by atoms with Crippen LogP contribution in [0.4, 0.5) is 0 Å². The van der Waals surface area contributed by atoms with Crippen LogP contribution in [0.15, 0.2) is 21.1 Å². The normalized spacial score (nSPS) is 47.0. The maximum absolute atomic E-state index is 2.71. The van der Waals surface area contributed by atoms with Crippen molar-refractivity contribution in [1.29, 1.82) is 0 Å². The van der Waals surface area contributed by atoms with Crippen molar-refractivity contribution in [2.75, 3.05) is 0 Å². The molecule has 0 aliphatic heterocycles. The van der Waals surface area contributed by atoms with Crippen LogP contribution in [-0.4, -0.2) is 26.3 Å². The second-order valence-electron chi connectivity index (χ2n) is 9.63. The topological polar surface area (TPSA) is 0 Å². The first-order chi connectivity index (χ1) is 10.1. The summed E-state index contributed by atoms with van der Waals surface area (Å²) in [5, 5.41) is 0. The predicted octanol–water partition coefficient (Wildman–Crippen LogP) is 4.99. The molecule has 2 fully saturated rings. The van der Waals surface area contributed by atoms with E-state index < -0.39 is 0 Å². The second kappa shape index (κ2) is 4.57. The molecule has 2 saturated carbocycles. The van der Waals surface area contributed by atoms with Crippen LogP contribution in [0.1, 0.15) is 67.2 Å². The molecule has 0 radical (unpaired) electrons. The van der Waals surface area contributed by atoms with Gasteiger partial charge in [-0.2, -0.15) is 0 Å². The first kappa shape index (κ1) is 16.0. The van der Waals surface area contributed by atoms with Crippen molar-refractivity contribution in [3.8, 4) is 0 Å². The fourth-order valence-electron chi connectivity index (χ4n) is 5.60. The van der Waals surface area contributed by atoms with Gasteiger partial charge in [0, 0.05) is 0 Å². The summed E-state index contributed by atoms with van der Waals surface area (Å²) in [5.74, 6) is 1.73. The summed E-state index contributed by atoms with van der Waals surface area (Å²) < 4.78 is 3.76. The van der Waals surface area contributed by atoms with Crippen LogP contribution in [-0.2, 0) is 0 Å². The molecular weight excluding hydrogens is 398 g/mol. The molecule has 0 saturated heterocycles. The maximum atomic E-state index is 2.71. The van der Waals surface area contributed by atoms with Crippen molar-refractivity contribution in [3.05, 3.63) is 21.1 Å². The summed E-state index contributed by atoms with van der Waals surface area (Å²) in [6, 6.07) is 0. The van der Waals surface area contributed by atoms with Gasteiger partial charge in [0.05, 0.1) is 0 Å². The van der Waals surface area contributed by atoms with E-state index in [1.54, 1.807) is 0 Å². The van der Waals surface area contributed by atoms with Crippen molar-refractivity contribution >= 4 is 26.3 Å². The van der Waals surface area contributed by atoms with E-state index in [9.17, 15) is 0 Å². The third-order valence-electron chi connectivity index (χ3n) is 8.62. The summed E-state index contributed by atoms with van der Waals surface area (Å²) in [7, 11) is 0. The van der Waals surface area contributed by atoms with Crippen LogP contribution in [0.5, 0.6) is 0 Å². The minimum atomic E-state index is 0.520. The van der Waals surface area contributed by atoms with E-state index in [0.29, 0.717) is 21.7 Å². The SMILES string of the molecule is CC12CCC(C=C1[Se][Se]C1=CC3CCC1(C)C3(C)C)C2(C)C. The van der Waals surface area contributed by atoms with Gasteiger partial charge in [-0.15, -0.1) is 0 Å². The molecule has 0 aromatic heterocycles. The molecular formula is C20H30Se2. The van der Waals surface area contributed by atoms with Crippen LogP contribution in [0.2, 0.25) is 0 Å². The van der Waals surface area contributed by atoms with Crippen molar-refractivity contribution in [2.24, 2.45) is 33.5 Å². The summed E-state index contributed by atoms with van der Waals surface area (Å²) in [5.41, 5.74) is 2.08. The van der Waals surface area contributed by atoms with Gasteiger partial charge in [-0.25, -0.2) is 0 Å². The molecule has 4 unspecified atom stereocenters. The van der Waals surface area contributed by atoms with Crippen molar-refractivity contribution in [2.45, 2.75) is 67.2 Å². The molecule has 0 nitrogen and oxygen atoms in total. The molecule has 0 heterocycles. The van der Waals surface area contributed by atoms with Gasteiger partial charge in [-0.05, 0) is 0 Å². The Morgan fingerprint density at radius 2 is 1.09 bits per heavy atom. The molecule has 0 aromatic carbocycles. The monoisotopic (exact) mass is 430 g/mol. The number of rotatable bonds is 3. The molecule has 4 aliphatic rings. The zero-order valence-electron chi connectivity index (χ0n) is 15.0. The van der Waals surface area contributed by atoms with Gasteiger partial charge in [-0.1, -0.05) is 0 Å². The average molecular weight is 428 g/mol. The van der Waals surface area contributed by atoms with Crippen molar-refractivity contribution in [1.82, 2.24) is 0 Å². The van der Waals surface area contributed by atoms with E-state index in [1.165, 1.54) is 25.7 Å². The fourth-order valence-corrected chi connectivity index (χ4v) is 16.4. The molecule has 4 rings (SSSR count). The van der Waals surface area contributed by atoms with Crippen molar-refractivity contribution < 1.29 is 0 Å². The molecule has 4 bridgehead atoms. The predicted molar refractivity (Wildman–Crippen MR) is 96.9 cm³/mol. The molecule has 0 spiro atoms. The second-order valence-corrected chi connectivity index (χ2v) is 15.8. The van der Waals surface area contributed by atoms with Gasteiger partial charge in [0.1, 0.15) is 0 Å². The standard InChI is InChI=1S/C20H30Se2/c1-17(2)13-7-9-19(17,5)15(11-13)21-22-16-12-14-8-10-20(16,6)18(14,3)4/h11-14H,7-10H2,1-6H3. The Kier molecular flexibility index (Phi) is 3.33. The molecule has 0 aromatic rings. The minimum absolute atomic E-state index is 0.520. The van der Waals surface area contributed by atoms with Gasteiger partial charge in [0.25, 0.3) is 0 Å². The first-order valence-corrected chi connectivity index (χ1v) is 15.0. The van der Waals surface area contributed by atoms with Crippen LogP contribution < -0.4 is 0 Å². The summed E-state index contributed by atoms with van der Waals surface area (Å²) >= 11 is 1.48. The Bertz CT molecular complexity index is 531. The van der Waals surface area contributed by atoms with Gasteiger partial charge in [0.2, 0.25) is 0 Å². The average Bonchev–Trinajstić information content (AvgIpc) is 2.95. The van der Waals surface area contributed by atoms with E-state index in [0.717, 1.165) is 38.1 Å². The number of fused-ring (bicyclic) bond motifs is 4. The third kappa shape index (κ3) is 1.71. The first-order valence-electron chi connectivity index (χ1n) is 8.92. The van der Waals surface area contributed by atoms with E-state index in [1.807, 2.05) is 8.94 Å². The Morgan fingerprint density at radius 1 is 0.727 bits per heavy atom. The number of hydrogen-bond acceptors (Lipinski definition) is 0. The number of hydrogen-bond donors (Lipinski definition) is 0. The van der Waals surface area contributed by atoms with E-state index >= 15 is 0 Å². The van der Waals surface area contributed by atoms with Gasteiger partial charge >= 0.3 is 148 Å². The quantitative estimate of drug-likeness (QED) is 0.556. The zero-order chi connectivity index (χ0) is 16.0. The van der Waals surface area contributed by atoms with E-state index in [-0.39, 0.29) is 0 Å². The summed E-state index contributed by atoms with van der Waals surface area (Å²) in [6.45, 7) is 15.3. The van der Waals surface area contributed by atoms with Crippen molar-refractivity contribution in [3.63, 3.8) is 0 Å². The van der Waals surface area contributed by atoms with E-state index in [4.69, 9.17) is 0 Å². The van der Waals surface area contributed by atoms with E-state index in [2.05, 4.69) is 53.7 Å². The summed E-state index contributed by atoms with van der Waals surface area (Å²) in [4.78, 5) is 0. The Balaban J connectivity index is 1.52. The Morgan fingerprint density at radius 3 is 1.32 bits per heavy atom. The molecule has 22 heavy (non-hydrogen) atoms. The van der Waals surface area contributed by atoms with Crippen LogP contribution in [0.25, 0.3) is 0 Å². The third-order valence-corrected chi connectivity index (χ3v) is 16.8. The van der Waals surface area contributed by atoms with Crippen LogP contribution in [0, 0.1) is 33.5 Å². The Hall–Kier alpha value is 0.519. The fraction of sp³-hybridized carbons (Fsp3) is 0.800. The molecule has 122 valence electrons. The van der Waals surface area contributed by atoms with Crippen LogP contribution in [0.3, 0.4) is 0 Å². The van der Waals surface area contributed by atoms with Crippen LogP contribution >= 0.6 is 0 Å². The summed E-state index contributed by atoms with van der Waals surface area (Å²) in [6.07, 6.45) is 11.2. The molecule has 4 atom stereocenters. The molecule has 0 N–H and O–H groups in total. The molecule has 4 aliphatic carbocycles.